The first-order valence-electron chi connectivity index (χ1n) is 14.8. The maximum absolute atomic E-state index is 12.9. The normalized spacial score (nSPS) is 17.5. The molecule has 5 rings (SSSR count). The molecule has 4 N–H and O–H groups in total. The topological polar surface area (TPSA) is 132 Å². The van der Waals surface area contributed by atoms with Gasteiger partial charge in [-0.25, -0.2) is 0 Å². The third kappa shape index (κ3) is 7.72. The summed E-state index contributed by atoms with van der Waals surface area (Å²) in [6, 6.07) is 20.7. The van der Waals surface area contributed by atoms with E-state index in [1.54, 1.807) is 43.4 Å². The van der Waals surface area contributed by atoms with Crippen LogP contribution in [0.2, 0.25) is 0 Å². The van der Waals surface area contributed by atoms with Crippen LogP contribution in [0.15, 0.2) is 66.7 Å². The van der Waals surface area contributed by atoms with Crippen LogP contribution in [0.3, 0.4) is 0 Å². The Morgan fingerprint density at radius 1 is 0.955 bits per heavy atom. The Balaban J connectivity index is 1.20. The number of amides is 2. The van der Waals surface area contributed by atoms with Gasteiger partial charge < -0.3 is 24.8 Å². The molecule has 1 unspecified atom stereocenters. The van der Waals surface area contributed by atoms with Crippen molar-refractivity contribution < 1.29 is 33.3 Å². The SMILES string of the molecule is COc1ccc(CN(CC(O)CNC(=O)c2ccc(C(=O)N3CCS(O)(O)CC3)cc2)C2Cc3ccccc3C2)c(OC)c1. The zero-order chi connectivity index (χ0) is 31.3. The summed E-state index contributed by atoms with van der Waals surface area (Å²) in [5.41, 5.74) is 4.41. The Morgan fingerprint density at radius 2 is 1.59 bits per heavy atom. The van der Waals surface area contributed by atoms with Gasteiger partial charge in [0.25, 0.3) is 11.8 Å². The molecule has 44 heavy (non-hydrogen) atoms. The molecule has 1 fully saturated rings. The van der Waals surface area contributed by atoms with Crippen molar-refractivity contribution >= 4 is 22.4 Å². The highest BCUT2D eigenvalue weighted by Crippen LogP contribution is 2.40. The number of ether oxygens (including phenoxy) is 2. The molecule has 0 spiro atoms. The van der Waals surface area contributed by atoms with Crippen LogP contribution in [0.4, 0.5) is 0 Å². The molecule has 3 aromatic carbocycles. The zero-order valence-electron chi connectivity index (χ0n) is 25.1. The fourth-order valence-corrected chi connectivity index (χ4v) is 7.09. The second kappa shape index (κ2) is 14.0. The number of benzene rings is 3. The summed E-state index contributed by atoms with van der Waals surface area (Å²) in [6.45, 7) is 1.55. The minimum absolute atomic E-state index is 0.0651. The molecule has 0 radical (unpaired) electrons. The van der Waals surface area contributed by atoms with Crippen LogP contribution in [0.25, 0.3) is 0 Å². The predicted molar refractivity (Wildman–Crippen MR) is 171 cm³/mol. The summed E-state index contributed by atoms with van der Waals surface area (Å²) >= 11 is 0. The van der Waals surface area contributed by atoms with E-state index in [0.717, 1.165) is 18.4 Å². The van der Waals surface area contributed by atoms with E-state index in [4.69, 9.17) is 9.47 Å². The van der Waals surface area contributed by atoms with Crippen molar-refractivity contribution in [1.29, 1.82) is 0 Å². The van der Waals surface area contributed by atoms with E-state index in [2.05, 4.69) is 34.5 Å². The first-order valence-corrected chi connectivity index (χ1v) is 16.6. The van der Waals surface area contributed by atoms with Crippen LogP contribution in [-0.4, -0.2) is 99.9 Å². The Labute approximate surface area is 259 Å². The van der Waals surface area contributed by atoms with Gasteiger partial charge in [0.15, 0.2) is 0 Å². The summed E-state index contributed by atoms with van der Waals surface area (Å²) in [5.74, 6) is 1.24. The Morgan fingerprint density at radius 3 is 2.20 bits per heavy atom. The summed E-state index contributed by atoms with van der Waals surface area (Å²) in [4.78, 5) is 29.6. The second-order valence-corrected chi connectivity index (χ2v) is 13.8. The van der Waals surface area contributed by atoms with Crippen molar-refractivity contribution in [1.82, 2.24) is 15.1 Å². The van der Waals surface area contributed by atoms with Crippen molar-refractivity contribution in [3.05, 3.63) is 94.5 Å². The maximum Gasteiger partial charge on any atom is 0.253 e. The lowest BCUT2D eigenvalue weighted by Crippen LogP contribution is -2.44. The lowest BCUT2D eigenvalue weighted by atomic mass is 10.1. The number of aliphatic hydroxyl groups excluding tert-OH is 1. The van der Waals surface area contributed by atoms with Gasteiger partial charge in [-0.15, -0.1) is 0 Å². The highest BCUT2D eigenvalue weighted by atomic mass is 32.3. The van der Waals surface area contributed by atoms with Gasteiger partial charge in [-0.3, -0.25) is 23.6 Å². The van der Waals surface area contributed by atoms with Gasteiger partial charge in [0.05, 0.1) is 31.8 Å². The summed E-state index contributed by atoms with van der Waals surface area (Å²) < 4.78 is 30.6. The predicted octanol–water partition coefficient (Wildman–Crippen LogP) is 3.67. The molecule has 2 amide bonds. The van der Waals surface area contributed by atoms with Crippen LogP contribution < -0.4 is 14.8 Å². The molecule has 1 aliphatic carbocycles. The average molecular weight is 624 g/mol. The number of carbonyl (C=O) groups is 2. The first-order chi connectivity index (χ1) is 21.2. The van der Waals surface area contributed by atoms with Gasteiger partial charge in [0.2, 0.25) is 0 Å². The minimum atomic E-state index is -2.59. The van der Waals surface area contributed by atoms with Crippen LogP contribution in [0.1, 0.15) is 37.4 Å². The molecule has 0 aromatic heterocycles. The summed E-state index contributed by atoms with van der Waals surface area (Å²) in [7, 11) is 0.656. The van der Waals surface area contributed by atoms with Gasteiger partial charge in [-0.05, 0) is 54.3 Å². The second-order valence-electron chi connectivity index (χ2n) is 11.4. The smallest absolute Gasteiger partial charge is 0.253 e. The quantitative estimate of drug-likeness (QED) is 0.255. The number of nitrogens with zero attached hydrogens (tertiary/aromatic N) is 2. The molecular weight excluding hydrogens is 582 g/mol. The minimum Gasteiger partial charge on any atom is -0.497 e. The van der Waals surface area contributed by atoms with Crippen molar-refractivity contribution in [3.63, 3.8) is 0 Å². The number of fused-ring (bicyclic) bond motifs is 1. The van der Waals surface area contributed by atoms with Crippen molar-refractivity contribution in [2.24, 2.45) is 0 Å². The fraction of sp³-hybridized carbons (Fsp3) is 0.394. The molecule has 3 aromatic rings. The number of hydrogen-bond donors (Lipinski definition) is 4. The molecule has 1 saturated heterocycles. The van der Waals surface area contributed by atoms with Crippen LogP contribution in [0, 0.1) is 0 Å². The van der Waals surface area contributed by atoms with E-state index in [1.807, 2.05) is 18.2 Å². The van der Waals surface area contributed by atoms with Crippen LogP contribution in [-0.2, 0) is 19.4 Å². The van der Waals surface area contributed by atoms with Crippen molar-refractivity contribution in [3.8, 4) is 11.5 Å². The van der Waals surface area contributed by atoms with E-state index in [9.17, 15) is 23.8 Å². The molecule has 0 saturated carbocycles. The molecule has 1 heterocycles. The van der Waals surface area contributed by atoms with Gasteiger partial charge in [-0.1, -0.05) is 30.3 Å². The highest BCUT2D eigenvalue weighted by Gasteiger charge is 2.29. The zero-order valence-corrected chi connectivity index (χ0v) is 26.0. The molecule has 1 aliphatic heterocycles. The Kier molecular flexibility index (Phi) is 10.1. The monoisotopic (exact) mass is 623 g/mol. The maximum atomic E-state index is 12.9. The molecule has 1 atom stereocenters. The molecule has 10 nitrogen and oxygen atoms in total. The third-order valence-corrected chi connectivity index (χ3v) is 10.1. The van der Waals surface area contributed by atoms with Gasteiger partial charge >= 0.3 is 0 Å². The van der Waals surface area contributed by atoms with Gasteiger partial charge in [-0.2, -0.15) is 10.6 Å². The number of aliphatic hydroxyl groups is 1. The van der Waals surface area contributed by atoms with Crippen molar-refractivity contribution in [2.45, 2.75) is 31.5 Å². The average Bonchev–Trinajstić information content (AvgIpc) is 3.48. The van der Waals surface area contributed by atoms with E-state index in [0.29, 0.717) is 35.7 Å². The molecule has 2 aliphatic rings. The van der Waals surface area contributed by atoms with Gasteiger partial charge in [0.1, 0.15) is 11.5 Å². The number of nitrogens with one attached hydrogen (secondary N) is 1. The summed E-state index contributed by atoms with van der Waals surface area (Å²) in [5, 5.41) is 13.9. The highest BCUT2D eigenvalue weighted by molar-refractivity contribution is 8.24. The number of methoxy groups -OCH3 is 2. The van der Waals surface area contributed by atoms with Gasteiger partial charge in [0, 0.05) is 61.5 Å². The van der Waals surface area contributed by atoms with Crippen molar-refractivity contribution in [2.75, 3.05) is 51.9 Å². The van der Waals surface area contributed by atoms with E-state index in [1.165, 1.54) is 11.1 Å². The number of carbonyl (C=O) groups excluding carboxylic acids is 2. The first kappa shape index (κ1) is 31.8. The lowest BCUT2D eigenvalue weighted by molar-refractivity contribution is 0.0746. The standard InChI is InChI=1S/C33H41N3O7S/c1-42-30-12-11-27(31(19-30)43-2)21-36(28-17-25-5-3-4-6-26(25)18-28)22-29(37)20-34-32(38)23-7-9-24(10-8-23)33(39)35-13-15-44(40,41)16-14-35/h3-12,19,28-29,37,40-41H,13-18,20-22H2,1-2H3,(H,34,38). The molecule has 11 heteroatoms. The number of hydrogen-bond acceptors (Lipinski definition) is 8. The molecule has 236 valence electrons. The summed E-state index contributed by atoms with van der Waals surface area (Å²) in [6.07, 6.45) is 0.926. The van der Waals surface area contributed by atoms with E-state index in [-0.39, 0.29) is 49.0 Å². The van der Waals surface area contributed by atoms with Crippen LogP contribution in [0.5, 0.6) is 11.5 Å². The van der Waals surface area contributed by atoms with E-state index >= 15 is 0 Å². The lowest BCUT2D eigenvalue weighted by Gasteiger charge is -2.40. The third-order valence-electron chi connectivity index (χ3n) is 8.41. The fourth-order valence-electron chi connectivity index (χ4n) is 5.86. The Hall–Kier alpha value is -3.61. The van der Waals surface area contributed by atoms with E-state index < -0.39 is 16.7 Å². The molecular formula is C33H41N3O7S. The van der Waals surface area contributed by atoms with Crippen LogP contribution >= 0.6 is 10.6 Å². The number of rotatable bonds is 11. The Bertz CT molecular complexity index is 1430. The largest absolute Gasteiger partial charge is 0.497 e. The molecule has 0 bridgehead atoms.